The van der Waals surface area contributed by atoms with Crippen LogP contribution in [-0.2, 0) is 11.3 Å². The lowest BCUT2D eigenvalue weighted by Crippen LogP contribution is -2.34. The van der Waals surface area contributed by atoms with Crippen molar-refractivity contribution in [1.29, 1.82) is 5.26 Å². The van der Waals surface area contributed by atoms with Crippen LogP contribution in [-0.4, -0.2) is 39.2 Å². The van der Waals surface area contributed by atoms with E-state index >= 15 is 0 Å². The molecule has 0 radical (unpaired) electrons. The normalized spacial score (nSPS) is 11.8. The Labute approximate surface area is 180 Å². The highest BCUT2D eigenvalue weighted by Crippen LogP contribution is 2.24. The Morgan fingerprint density at radius 2 is 1.93 bits per heavy atom. The number of fused-ring (bicyclic) bond motifs is 1. The molecule has 0 aliphatic heterocycles. The summed E-state index contributed by atoms with van der Waals surface area (Å²) in [7, 11) is 1.68. The first kappa shape index (κ1) is 21.6. The molecule has 30 heavy (non-hydrogen) atoms. The number of carbonyl (C=O) groups excluding carboxylic acids is 1. The van der Waals surface area contributed by atoms with Gasteiger partial charge < -0.3 is 4.90 Å². The predicted octanol–water partition coefficient (Wildman–Crippen LogP) is 3.61. The van der Waals surface area contributed by atoms with E-state index in [4.69, 9.17) is 10.2 Å². The maximum atomic E-state index is 13.2. The zero-order valence-corrected chi connectivity index (χ0v) is 18.1. The number of thioether (sulfide) groups is 1. The average Bonchev–Trinajstić information content (AvgIpc) is 2.75. The van der Waals surface area contributed by atoms with Crippen molar-refractivity contribution in [2.45, 2.75) is 37.2 Å². The molecule has 0 aliphatic carbocycles. The molecule has 0 saturated heterocycles. The van der Waals surface area contributed by atoms with Crippen LogP contribution in [0.3, 0.4) is 0 Å². The third-order valence-corrected chi connectivity index (χ3v) is 5.93. The molecule has 0 unspecified atom stereocenters. The van der Waals surface area contributed by atoms with Gasteiger partial charge in [0.05, 0.1) is 35.2 Å². The molecule has 1 aromatic heterocycles. The van der Waals surface area contributed by atoms with Crippen LogP contribution in [0.2, 0.25) is 0 Å². The van der Waals surface area contributed by atoms with Crippen molar-refractivity contribution in [1.82, 2.24) is 14.5 Å². The summed E-state index contributed by atoms with van der Waals surface area (Å²) in [5.41, 5.74) is 2.63. The van der Waals surface area contributed by atoms with Crippen LogP contribution >= 0.6 is 11.8 Å². The van der Waals surface area contributed by atoms with Gasteiger partial charge in [0.25, 0.3) is 5.56 Å². The summed E-state index contributed by atoms with van der Waals surface area (Å²) >= 11 is 1.27. The summed E-state index contributed by atoms with van der Waals surface area (Å²) < 4.78 is 1.64. The van der Waals surface area contributed by atoms with Crippen LogP contribution in [0.5, 0.6) is 0 Å². The minimum absolute atomic E-state index is 0.0976. The molecule has 6 nitrogen and oxygen atoms in total. The number of hydrogen-bond donors (Lipinski definition) is 0. The fraction of sp³-hybridized carbons (Fsp3) is 0.304. The molecular weight excluding hydrogens is 396 g/mol. The molecule has 3 aromatic rings. The smallest absolute Gasteiger partial charge is 0.262 e. The maximum Gasteiger partial charge on any atom is 0.262 e. The quantitative estimate of drug-likeness (QED) is 0.431. The molecule has 0 saturated carbocycles. The van der Waals surface area contributed by atoms with Crippen molar-refractivity contribution in [3.63, 3.8) is 0 Å². The van der Waals surface area contributed by atoms with Gasteiger partial charge in [-0.3, -0.25) is 14.2 Å². The van der Waals surface area contributed by atoms with Gasteiger partial charge in [0, 0.05) is 13.6 Å². The largest absolute Gasteiger partial charge is 0.344 e. The maximum absolute atomic E-state index is 13.2. The first-order valence-electron chi connectivity index (χ1n) is 9.74. The van der Waals surface area contributed by atoms with E-state index in [1.165, 1.54) is 11.8 Å². The lowest BCUT2D eigenvalue weighted by atomic mass is 10.1. The van der Waals surface area contributed by atoms with E-state index in [1.54, 1.807) is 29.5 Å². The third kappa shape index (κ3) is 4.89. The van der Waals surface area contributed by atoms with E-state index in [1.807, 2.05) is 49.4 Å². The Balaban J connectivity index is 1.97. The Hall–Kier alpha value is -3.11. The first-order chi connectivity index (χ1) is 14.4. The number of aromatic nitrogens is 2. The van der Waals surface area contributed by atoms with E-state index in [0.29, 0.717) is 29.1 Å². The number of amides is 1. The molecule has 1 atom stereocenters. The van der Waals surface area contributed by atoms with E-state index in [0.717, 1.165) is 11.1 Å². The molecule has 0 fully saturated rings. The molecular formula is C23H24N4O2S. The molecule has 0 aliphatic rings. The van der Waals surface area contributed by atoms with Gasteiger partial charge in [-0.1, -0.05) is 53.7 Å². The second kappa shape index (κ2) is 9.59. The number of rotatable bonds is 7. The number of benzene rings is 2. The number of nitriles is 1. The Bertz CT molecular complexity index is 1150. The first-order valence-corrected chi connectivity index (χ1v) is 10.6. The van der Waals surface area contributed by atoms with Crippen LogP contribution in [0.1, 0.15) is 24.5 Å². The Kier molecular flexibility index (Phi) is 6.91. The van der Waals surface area contributed by atoms with Gasteiger partial charge in [0.15, 0.2) is 5.16 Å². The van der Waals surface area contributed by atoms with Crippen LogP contribution in [0.25, 0.3) is 10.9 Å². The number of aryl methyl sites for hydroxylation is 1. The van der Waals surface area contributed by atoms with Crippen molar-refractivity contribution in [2.24, 2.45) is 0 Å². The van der Waals surface area contributed by atoms with E-state index in [-0.39, 0.29) is 17.9 Å². The fourth-order valence-electron chi connectivity index (χ4n) is 3.10. The van der Waals surface area contributed by atoms with Gasteiger partial charge in [-0.2, -0.15) is 5.26 Å². The molecule has 1 amide bonds. The summed E-state index contributed by atoms with van der Waals surface area (Å²) in [5.74, 6) is -0.0976. The van der Waals surface area contributed by atoms with E-state index in [2.05, 4.69) is 6.07 Å². The number of hydrogen-bond acceptors (Lipinski definition) is 5. The Morgan fingerprint density at radius 1 is 1.23 bits per heavy atom. The predicted molar refractivity (Wildman–Crippen MR) is 119 cm³/mol. The van der Waals surface area contributed by atoms with Gasteiger partial charge in [0.1, 0.15) is 0 Å². The van der Waals surface area contributed by atoms with Crippen molar-refractivity contribution >= 4 is 28.6 Å². The molecule has 0 bridgehead atoms. The zero-order valence-electron chi connectivity index (χ0n) is 17.3. The number of carbonyl (C=O) groups is 1. The average molecular weight is 421 g/mol. The van der Waals surface area contributed by atoms with E-state index in [9.17, 15) is 9.59 Å². The topological polar surface area (TPSA) is 79.0 Å². The highest BCUT2D eigenvalue weighted by molar-refractivity contribution is 8.00. The second-order valence-corrected chi connectivity index (χ2v) is 8.52. The van der Waals surface area contributed by atoms with E-state index < -0.39 is 5.25 Å². The molecule has 3 rings (SSSR count). The van der Waals surface area contributed by atoms with Crippen LogP contribution in [0, 0.1) is 18.3 Å². The van der Waals surface area contributed by atoms with Crippen LogP contribution in [0.15, 0.2) is 58.5 Å². The second-order valence-electron chi connectivity index (χ2n) is 7.22. The molecule has 154 valence electrons. The fourth-order valence-corrected chi connectivity index (χ4v) is 4.12. The van der Waals surface area contributed by atoms with Gasteiger partial charge in [0.2, 0.25) is 5.91 Å². The van der Waals surface area contributed by atoms with Crippen LogP contribution in [0.4, 0.5) is 0 Å². The van der Waals surface area contributed by atoms with Gasteiger partial charge in [-0.25, -0.2) is 4.98 Å². The molecule has 0 N–H and O–H groups in total. The third-order valence-electron chi connectivity index (χ3n) is 4.85. The minimum atomic E-state index is -0.439. The van der Waals surface area contributed by atoms with Gasteiger partial charge in [-0.15, -0.1) is 0 Å². The molecule has 0 spiro atoms. The zero-order chi connectivity index (χ0) is 21.7. The van der Waals surface area contributed by atoms with Gasteiger partial charge >= 0.3 is 0 Å². The SMILES string of the molecule is Cc1ccc(Cn2c(S[C@@H](C)C(=O)N(C)CCC#N)nc3ccccc3c2=O)cc1. The summed E-state index contributed by atoms with van der Waals surface area (Å²) in [6, 6.07) is 17.3. The highest BCUT2D eigenvalue weighted by Gasteiger charge is 2.22. The Morgan fingerprint density at radius 3 is 2.63 bits per heavy atom. The van der Waals surface area contributed by atoms with Crippen LogP contribution < -0.4 is 5.56 Å². The summed E-state index contributed by atoms with van der Waals surface area (Å²) in [6.45, 7) is 4.57. The van der Waals surface area contributed by atoms with Crippen molar-refractivity contribution in [2.75, 3.05) is 13.6 Å². The highest BCUT2D eigenvalue weighted by atomic mass is 32.2. The summed E-state index contributed by atoms with van der Waals surface area (Å²) in [4.78, 5) is 32.2. The molecule has 2 aromatic carbocycles. The molecule has 7 heteroatoms. The summed E-state index contributed by atoms with van der Waals surface area (Å²) in [6.07, 6.45) is 0.284. The van der Waals surface area contributed by atoms with Crippen molar-refractivity contribution < 1.29 is 4.79 Å². The monoisotopic (exact) mass is 420 g/mol. The standard InChI is InChI=1S/C23H24N4O2S/c1-16-9-11-18(12-10-16)15-27-22(29)19-7-4-5-8-20(19)25-23(27)30-17(2)21(28)26(3)14-6-13-24/h4-5,7-12,17H,6,14-15H2,1-3H3/t17-/m0/s1. The van der Waals surface area contributed by atoms with Crippen molar-refractivity contribution in [3.8, 4) is 6.07 Å². The molecule has 1 heterocycles. The minimum Gasteiger partial charge on any atom is -0.344 e. The summed E-state index contributed by atoms with van der Waals surface area (Å²) in [5, 5.41) is 9.38. The lowest BCUT2D eigenvalue weighted by molar-refractivity contribution is -0.128. The number of para-hydroxylation sites is 1. The van der Waals surface area contributed by atoms with Crippen molar-refractivity contribution in [3.05, 3.63) is 70.0 Å². The van der Waals surface area contributed by atoms with Gasteiger partial charge in [-0.05, 0) is 31.5 Å². The lowest BCUT2D eigenvalue weighted by Gasteiger charge is -2.21. The number of nitrogens with zero attached hydrogens (tertiary/aromatic N) is 4.